The highest BCUT2D eigenvalue weighted by Gasteiger charge is 2.26. The largest absolute Gasteiger partial charge is 0.393 e. The zero-order chi connectivity index (χ0) is 16.2. The number of nitrogens with zero attached hydrogens (tertiary/aromatic N) is 1. The van der Waals surface area contributed by atoms with E-state index < -0.39 is 0 Å². The topological polar surface area (TPSA) is 78.6 Å². The van der Waals surface area contributed by atoms with Crippen LogP contribution in [0.1, 0.15) is 38.5 Å². The lowest BCUT2D eigenvalue weighted by atomic mass is 10.00. The van der Waals surface area contributed by atoms with Crippen LogP contribution in [0.25, 0.3) is 0 Å². The lowest BCUT2D eigenvalue weighted by molar-refractivity contribution is -0.117. The summed E-state index contributed by atoms with van der Waals surface area (Å²) in [4.78, 5) is 14.6. The molecule has 1 saturated carbocycles. The van der Waals surface area contributed by atoms with E-state index >= 15 is 0 Å². The van der Waals surface area contributed by atoms with E-state index in [4.69, 9.17) is 5.73 Å². The van der Waals surface area contributed by atoms with E-state index in [-0.39, 0.29) is 18.1 Å². The molecule has 1 aromatic rings. The number of carbonyl (C=O) groups is 1. The molecule has 0 radical (unpaired) electrons. The molecule has 0 unspecified atom stereocenters. The SMILES string of the molecule is N[C@@H]1CCC[C@H]1CC(=O)Nc1ccccc1N1CCC(O)CC1. The third kappa shape index (κ3) is 4.03. The molecule has 4 N–H and O–H groups in total. The molecule has 1 aliphatic heterocycles. The molecule has 2 fully saturated rings. The van der Waals surface area contributed by atoms with Crippen molar-refractivity contribution in [3.05, 3.63) is 24.3 Å². The summed E-state index contributed by atoms with van der Waals surface area (Å²) in [5, 5.41) is 12.7. The fourth-order valence-electron chi connectivity index (χ4n) is 3.72. The molecule has 126 valence electrons. The second kappa shape index (κ2) is 7.32. The van der Waals surface area contributed by atoms with Crippen LogP contribution in [0.15, 0.2) is 24.3 Å². The summed E-state index contributed by atoms with van der Waals surface area (Å²) in [6, 6.07) is 8.09. The van der Waals surface area contributed by atoms with Crippen molar-refractivity contribution in [1.29, 1.82) is 0 Å². The van der Waals surface area contributed by atoms with Crippen LogP contribution in [0.2, 0.25) is 0 Å². The lowest BCUT2D eigenvalue weighted by Crippen LogP contribution is -2.36. The Labute approximate surface area is 137 Å². The summed E-state index contributed by atoms with van der Waals surface area (Å²) in [7, 11) is 0. The Kier molecular flexibility index (Phi) is 5.18. The Bertz CT molecular complexity index is 541. The standard InChI is InChI=1S/C18H27N3O2/c19-15-5-3-4-13(15)12-18(23)20-16-6-1-2-7-17(16)21-10-8-14(22)9-11-21/h1-2,6-7,13-15,22H,3-5,8-12,19H2,(H,20,23)/t13-,15+/m0/s1. The quantitative estimate of drug-likeness (QED) is 0.795. The van der Waals surface area contributed by atoms with E-state index in [0.29, 0.717) is 12.3 Å². The molecule has 3 rings (SSSR count). The van der Waals surface area contributed by atoms with Crippen molar-refractivity contribution in [3.63, 3.8) is 0 Å². The Morgan fingerprint density at radius 2 is 1.96 bits per heavy atom. The molecule has 0 aromatic heterocycles. The van der Waals surface area contributed by atoms with Gasteiger partial charge in [-0.15, -0.1) is 0 Å². The van der Waals surface area contributed by atoms with E-state index in [0.717, 1.165) is 56.6 Å². The smallest absolute Gasteiger partial charge is 0.224 e. The van der Waals surface area contributed by atoms with Gasteiger partial charge in [-0.05, 0) is 43.7 Å². The van der Waals surface area contributed by atoms with Crippen molar-refractivity contribution < 1.29 is 9.90 Å². The number of piperidine rings is 1. The van der Waals surface area contributed by atoms with Gasteiger partial charge in [0.1, 0.15) is 0 Å². The average Bonchev–Trinajstić information content (AvgIpc) is 2.94. The summed E-state index contributed by atoms with van der Waals surface area (Å²) >= 11 is 0. The highest BCUT2D eigenvalue weighted by Crippen LogP contribution is 2.30. The second-order valence-electron chi connectivity index (χ2n) is 6.84. The molecule has 1 heterocycles. The van der Waals surface area contributed by atoms with Crippen LogP contribution in [0.3, 0.4) is 0 Å². The van der Waals surface area contributed by atoms with Gasteiger partial charge >= 0.3 is 0 Å². The van der Waals surface area contributed by atoms with Gasteiger partial charge in [0.05, 0.1) is 17.5 Å². The van der Waals surface area contributed by atoms with Gasteiger partial charge in [-0.3, -0.25) is 4.79 Å². The molecule has 1 aromatic carbocycles. The van der Waals surface area contributed by atoms with Crippen molar-refractivity contribution in [2.45, 2.75) is 50.7 Å². The first-order valence-electron chi connectivity index (χ1n) is 8.71. The first-order valence-corrected chi connectivity index (χ1v) is 8.71. The predicted molar refractivity (Wildman–Crippen MR) is 92.5 cm³/mol. The summed E-state index contributed by atoms with van der Waals surface area (Å²) in [5.41, 5.74) is 7.97. The average molecular weight is 317 g/mol. The Morgan fingerprint density at radius 3 is 2.65 bits per heavy atom. The third-order valence-corrected chi connectivity index (χ3v) is 5.15. The van der Waals surface area contributed by atoms with Gasteiger partial charge in [0.25, 0.3) is 0 Å². The predicted octanol–water partition coefficient (Wildman–Crippen LogP) is 2.10. The molecule has 2 atom stereocenters. The Hall–Kier alpha value is -1.59. The molecule has 1 aliphatic carbocycles. The number of para-hydroxylation sites is 2. The fourth-order valence-corrected chi connectivity index (χ4v) is 3.72. The van der Waals surface area contributed by atoms with Gasteiger partial charge in [0.2, 0.25) is 5.91 Å². The van der Waals surface area contributed by atoms with Crippen LogP contribution >= 0.6 is 0 Å². The number of anilines is 2. The summed E-state index contributed by atoms with van der Waals surface area (Å²) in [6.45, 7) is 1.64. The van der Waals surface area contributed by atoms with E-state index in [2.05, 4.69) is 10.2 Å². The van der Waals surface area contributed by atoms with E-state index in [1.165, 1.54) is 0 Å². The Balaban J connectivity index is 1.64. The van der Waals surface area contributed by atoms with Crippen LogP contribution in [0.5, 0.6) is 0 Å². The van der Waals surface area contributed by atoms with Crippen molar-refractivity contribution >= 4 is 17.3 Å². The van der Waals surface area contributed by atoms with Gasteiger partial charge in [0.15, 0.2) is 0 Å². The maximum atomic E-state index is 12.4. The number of hydrogen-bond acceptors (Lipinski definition) is 4. The van der Waals surface area contributed by atoms with Gasteiger partial charge in [-0.2, -0.15) is 0 Å². The number of amides is 1. The Morgan fingerprint density at radius 1 is 1.22 bits per heavy atom. The first-order chi connectivity index (χ1) is 11.1. The summed E-state index contributed by atoms with van der Waals surface area (Å²) in [6.07, 6.45) is 5.08. The van der Waals surface area contributed by atoms with Gasteiger partial charge in [-0.25, -0.2) is 0 Å². The second-order valence-corrected chi connectivity index (χ2v) is 6.84. The van der Waals surface area contributed by atoms with Crippen LogP contribution in [-0.2, 0) is 4.79 Å². The van der Waals surface area contributed by atoms with Crippen molar-refractivity contribution in [1.82, 2.24) is 0 Å². The lowest BCUT2D eigenvalue weighted by Gasteiger charge is -2.32. The monoisotopic (exact) mass is 317 g/mol. The highest BCUT2D eigenvalue weighted by atomic mass is 16.3. The van der Waals surface area contributed by atoms with E-state index in [9.17, 15) is 9.90 Å². The number of aliphatic hydroxyl groups is 1. The van der Waals surface area contributed by atoms with Crippen LogP contribution in [0.4, 0.5) is 11.4 Å². The zero-order valence-corrected chi connectivity index (χ0v) is 13.6. The molecular formula is C18H27N3O2. The fraction of sp³-hybridized carbons (Fsp3) is 0.611. The van der Waals surface area contributed by atoms with Crippen LogP contribution < -0.4 is 16.0 Å². The first kappa shape index (κ1) is 16.3. The number of nitrogens with two attached hydrogens (primary N) is 1. The zero-order valence-electron chi connectivity index (χ0n) is 13.6. The van der Waals surface area contributed by atoms with E-state index in [1.807, 2.05) is 24.3 Å². The maximum absolute atomic E-state index is 12.4. The molecule has 0 spiro atoms. The van der Waals surface area contributed by atoms with Crippen molar-refractivity contribution in [2.24, 2.45) is 11.7 Å². The maximum Gasteiger partial charge on any atom is 0.224 e. The number of aliphatic hydroxyl groups excluding tert-OH is 1. The number of rotatable bonds is 4. The van der Waals surface area contributed by atoms with Crippen molar-refractivity contribution in [2.75, 3.05) is 23.3 Å². The molecular weight excluding hydrogens is 290 g/mol. The highest BCUT2D eigenvalue weighted by molar-refractivity contribution is 5.94. The van der Waals surface area contributed by atoms with Crippen LogP contribution in [0, 0.1) is 5.92 Å². The molecule has 5 nitrogen and oxygen atoms in total. The summed E-state index contributed by atoms with van der Waals surface area (Å²) in [5.74, 6) is 0.365. The molecule has 5 heteroatoms. The molecule has 1 saturated heterocycles. The van der Waals surface area contributed by atoms with Crippen molar-refractivity contribution in [3.8, 4) is 0 Å². The molecule has 1 amide bonds. The van der Waals surface area contributed by atoms with Gasteiger partial charge in [0, 0.05) is 25.6 Å². The minimum atomic E-state index is -0.197. The molecule has 2 aliphatic rings. The molecule has 23 heavy (non-hydrogen) atoms. The minimum absolute atomic E-state index is 0.0526. The normalized spacial score (nSPS) is 25.6. The van der Waals surface area contributed by atoms with E-state index in [1.54, 1.807) is 0 Å². The van der Waals surface area contributed by atoms with Gasteiger partial charge < -0.3 is 21.1 Å². The number of carbonyl (C=O) groups excluding carboxylic acids is 1. The van der Waals surface area contributed by atoms with Crippen LogP contribution in [-0.4, -0.2) is 36.2 Å². The third-order valence-electron chi connectivity index (χ3n) is 5.15. The molecule has 0 bridgehead atoms. The summed E-state index contributed by atoms with van der Waals surface area (Å²) < 4.78 is 0. The number of benzene rings is 1. The van der Waals surface area contributed by atoms with Gasteiger partial charge in [-0.1, -0.05) is 18.6 Å². The minimum Gasteiger partial charge on any atom is -0.393 e. The number of nitrogens with one attached hydrogen (secondary N) is 1. The number of hydrogen-bond donors (Lipinski definition) is 3.